The number of Topliss-reactive ketones (excluding diaryl/α,β-unsaturated/α-hetero) is 1. The number of aliphatic hydroxyl groups is 1. The van der Waals surface area contributed by atoms with Crippen LogP contribution in [0.25, 0.3) is 43.9 Å². The maximum Gasteiger partial charge on any atom is 0.137 e. The summed E-state index contributed by atoms with van der Waals surface area (Å²) in [5.74, 6) is 2.91. The maximum absolute atomic E-state index is 11.5. The summed E-state index contributed by atoms with van der Waals surface area (Å²) in [5, 5.41) is 12.0. The molecule has 1 atom stereocenters. The number of ketones is 1. The summed E-state index contributed by atoms with van der Waals surface area (Å²) in [5.41, 5.74) is 5.94. The van der Waals surface area contributed by atoms with Gasteiger partial charge in [-0.05, 0) is 37.8 Å². The van der Waals surface area contributed by atoms with E-state index in [4.69, 9.17) is 4.98 Å². The van der Waals surface area contributed by atoms with Crippen LogP contribution in [-0.2, 0) is 30.7 Å². The normalized spacial score (nSPS) is 12.5. The first kappa shape index (κ1) is 29.3. The molecule has 0 saturated heterocycles. The SMILES string of the molecule is CC(=O)Cc1nc2cnc3ccccc3c2n1CC(C)C.CC(C)Cn1c(CC(C)O)nc2cnc3ccccc3c21. The lowest BCUT2D eigenvalue weighted by atomic mass is 10.1. The van der Waals surface area contributed by atoms with Gasteiger partial charge in [0.05, 0.1) is 47.0 Å². The third kappa shape index (κ3) is 6.19. The van der Waals surface area contributed by atoms with E-state index in [9.17, 15) is 9.90 Å². The van der Waals surface area contributed by atoms with Crippen LogP contribution >= 0.6 is 0 Å². The molecule has 218 valence electrons. The second-order valence-corrected chi connectivity index (χ2v) is 12.0. The van der Waals surface area contributed by atoms with Crippen LogP contribution in [0, 0.1) is 11.8 Å². The number of hydrogen-bond acceptors (Lipinski definition) is 6. The van der Waals surface area contributed by atoms with Crippen LogP contribution in [0.2, 0.25) is 0 Å². The van der Waals surface area contributed by atoms with Crippen LogP contribution in [0.3, 0.4) is 0 Å². The number of aromatic nitrogens is 6. The minimum absolute atomic E-state index is 0.132. The van der Waals surface area contributed by atoms with Crippen molar-refractivity contribution in [1.29, 1.82) is 0 Å². The summed E-state index contributed by atoms with van der Waals surface area (Å²) in [4.78, 5) is 29.8. The molecule has 0 aliphatic carbocycles. The van der Waals surface area contributed by atoms with Crippen LogP contribution in [0.5, 0.6) is 0 Å². The Kier molecular flexibility index (Phi) is 8.64. The van der Waals surface area contributed by atoms with Crippen molar-refractivity contribution in [3.63, 3.8) is 0 Å². The van der Waals surface area contributed by atoms with Gasteiger partial charge in [0.1, 0.15) is 28.5 Å². The highest BCUT2D eigenvalue weighted by molar-refractivity contribution is 6.03. The zero-order valence-electron chi connectivity index (χ0n) is 25.4. The van der Waals surface area contributed by atoms with Gasteiger partial charge in [0.15, 0.2) is 0 Å². The Bertz CT molecular complexity index is 1860. The maximum atomic E-state index is 11.5. The number of carbonyl (C=O) groups excluding carboxylic acids is 1. The Morgan fingerprint density at radius 2 is 1.17 bits per heavy atom. The Labute approximate surface area is 246 Å². The molecule has 0 fully saturated rings. The lowest BCUT2D eigenvalue weighted by molar-refractivity contribution is -0.116. The lowest BCUT2D eigenvalue weighted by Gasteiger charge is -2.13. The number of rotatable bonds is 8. The molecule has 0 aliphatic heterocycles. The minimum Gasteiger partial charge on any atom is -0.393 e. The second-order valence-electron chi connectivity index (χ2n) is 12.0. The van der Waals surface area contributed by atoms with Gasteiger partial charge < -0.3 is 14.2 Å². The number of fused-ring (bicyclic) bond motifs is 6. The van der Waals surface area contributed by atoms with Gasteiger partial charge in [0, 0.05) is 30.3 Å². The molecule has 1 N–H and O–H groups in total. The highest BCUT2D eigenvalue weighted by Gasteiger charge is 2.17. The smallest absolute Gasteiger partial charge is 0.137 e. The molecule has 6 rings (SSSR count). The van der Waals surface area contributed by atoms with E-state index >= 15 is 0 Å². The van der Waals surface area contributed by atoms with E-state index in [0.29, 0.717) is 24.7 Å². The van der Waals surface area contributed by atoms with Gasteiger partial charge in [-0.15, -0.1) is 0 Å². The molecule has 4 aromatic heterocycles. The van der Waals surface area contributed by atoms with Gasteiger partial charge in [-0.3, -0.25) is 14.8 Å². The zero-order chi connectivity index (χ0) is 30.0. The molecule has 42 heavy (non-hydrogen) atoms. The van der Waals surface area contributed by atoms with E-state index in [1.165, 1.54) is 0 Å². The van der Waals surface area contributed by atoms with E-state index in [0.717, 1.165) is 68.6 Å². The van der Waals surface area contributed by atoms with Gasteiger partial charge in [0.2, 0.25) is 0 Å². The van der Waals surface area contributed by atoms with Crippen LogP contribution in [0.4, 0.5) is 0 Å². The minimum atomic E-state index is -0.396. The molecular weight excluding hydrogens is 524 g/mol. The van der Waals surface area contributed by atoms with Gasteiger partial charge in [-0.2, -0.15) is 0 Å². The van der Waals surface area contributed by atoms with Crippen molar-refractivity contribution in [2.45, 2.75) is 73.6 Å². The first-order valence-electron chi connectivity index (χ1n) is 14.8. The van der Waals surface area contributed by atoms with Crippen LogP contribution in [0.1, 0.15) is 53.2 Å². The Morgan fingerprint density at radius 3 is 1.62 bits per heavy atom. The van der Waals surface area contributed by atoms with Crippen molar-refractivity contribution in [2.24, 2.45) is 11.8 Å². The monoisotopic (exact) mass is 564 g/mol. The van der Waals surface area contributed by atoms with Gasteiger partial charge in [-0.25, -0.2) is 9.97 Å². The Hall–Kier alpha value is -4.17. The molecule has 0 amide bonds. The summed E-state index contributed by atoms with van der Waals surface area (Å²) in [6, 6.07) is 16.2. The second kappa shape index (κ2) is 12.4. The third-order valence-electron chi connectivity index (χ3n) is 7.10. The van der Waals surface area contributed by atoms with Crippen molar-refractivity contribution in [1.82, 2.24) is 29.1 Å². The lowest BCUT2D eigenvalue weighted by Crippen LogP contribution is -2.14. The molecule has 8 nitrogen and oxygen atoms in total. The summed E-state index contributed by atoms with van der Waals surface area (Å²) in [7, 11) is 0. The highest BCUT2D eigenvalue weighted by Crippen LogP contribution is 2.27. The van der Waals surface area contributed by atoms with E-state index in [1.807, 2.05) is 42.6 Å². The van der Waals surface area contributed by atoms with Crippen molar-refractivity contribution < 1.29 is 9.90 Å². The molecule has 0 radical (unpaired) electrons. The van der Waals surface area contributed by atoms with Gasteiger partial charge in [-0.1, -0.05) is 64.1 Å². The topological polar surface area (TPSA) is 98.7 Å². The van der Waals surface area contributed by atoms with E-state index < -0.39 is 6.10 Å². The van der Waals surface area contributed by atoms with Crippen LogP contribution < -0.4 is 0 Å². The molecule has 2 aromatic carbocycles. The van der Waals surface area contributed by atoms with Gasteiger partial charge in [0.25, 0.3) is 0 Å². The average Bonchev–Trinajstić information content (AvgIpc) is 3.45. The van der Waals surface area contributed by atoms with Gasteiger partial charge >= 0.3 is 0 Å². The molecule has 0 spiro atoms. The third-order valence-corrected chi connectivity index (χ3v) is 7.10. The zero-order valence-corrected chi connectivity index (χ0v) is 25.4. The molecule has 0 aliphatic rings. The van der Waals surface area contributed by atoms with Crippen molar-refractivity contribution in [3.8, 4) is 0 Å². The van der Waals surface area contributed by atoms with Crippen LogP contribution in [-0.4, -0.2) is 46.1 Å². The fourth-order valence-corrected chi connectivity index (χ4v) is 5.52. The molecule has 6 aromatic rings. The van der Waals surface area contributed by atoms with Crippen LogP contribution in [0.15, 0.2) is 60.9 Å². The predicted octanol–water partition coefficient (Wildman–Crippen LogP) is 6.54. The fraction of sp³-hybridized carbons (Fsp3) is 0.382. The molecule has 1 unspecified atom stereocenters. The number of benzene rings is 2. The summed E-state index contributed by atoms with van der Waals surface area (Å²) in [6.45, 7) is 13.9. The molecule has 0 saturated carbocycles. The standard InChI is InChI=1S/C17H21N3O.C17H19N3O/c2*1-11(2)10-20-16(8-12(3)21)19-15-9-18-14-7-5-4-6-13(14)17(15)20/h4-7,9,11-12,21H,8,10H2,1-3H3;4-7,9,11H,8,10H2,1-3H3. The summed E-state index contributed by atoms with van der Waals surface area (Å²) >= 11 is 0. The largest absolute Gasteiger partial charge is 0.393 e. The fourth-order valence-electron chi connectivity index (χ4n) is 5.52. The number of hydrogen-bond donors (Lipinski definition) is 1. The van der Waals surface area contributed by atoms with E-state index in [1.54, 1.807) is 20.0 Å². The highest BCUT2D eigenvalue weighted by atomic mass is 16.3. The number of para-hydroxylation sites is 2. The number of nitrogens with zero attached hydrogens (tertiary/aromatic N) is 6. The van der Waals surface area contributed by atoms with E-state index in [2.05, 4.69) is 63.9 Å². The molecular formula is C34H40N6O2. The van der Waals surface area contributed by atoms with E-state index in [-0.39, 0.29) is 5.78 Å². The molecule has 4 heterocycles. The first-order valence-corrected chi connectivity index (χ1v) is 14.8. The average molecular weight is 565 g/mol. The molecule has 0 bridgehead atoms. The number of carbonyl (C=O) groups is 1. The number of aliphatic hydroxyl groups excluding tert-OH is 1. The van der Waals surface area contributed by atoms with Crippen molar-refractivity contribution in [2.75, 3.05) is 0 Å². The number of imidazole rings is 2. The quantitative estimate of drug-likeness (QED) is 0.226. The van der Waals surface area contributed by atoms with Crippen molar-refractivity contribution >= 4 is 49.7 Å². The Balaban J connectivity index is 0.000000168. The Morgan fingerprint density at radius 1 is 0.714 bits per heavy atom. The predicted molar refractivity (Wildman–Crippen MR) is 170 cm³/mol. The summed E-state index contributed by atoms with van der Waals surface area (Å²) < 4.78 is 4.43. The number of pyridine rings is 2. The first-order chi connectivity index (χ1) is 20.1. The summed E-state index contributed by atoms with van der Waals surface area (Å²) in [6.07, 6.45) is 4.18. The van der Waals surface area contributed by atoms with Crippen molar-refractivity contribution in [3.05, 3.63) is 72.6 Å². The molecule has 8 heteroatoms.